The Kier molecular flexibility index (Phi) is 5.53. The van der Waals surface area contributed by atoms with Crippen LogP contribution in [0.2, 0.25) is 0 Å². The fraction of sp³-hybridized carbons (Fsp3) is 0.385. The molecule has 0 radical (unpaired) electrons. The summed E-state index contributed by atoms with van der Waals surface area (Å²) in [5.74, 6) is 5.49. The molecule has 2 nitrogen and oxygen atoms in total. The average molecular weight is 257 g/mol. The maximum absolute atomic E-state index is 11.9. The van der Waals surface area contributed by atoms with Gasteiger partial charge in [0.1, 0.15) is 5.75 Å². The fourth-order valence-electron chi connectivity index (χ4n) is 1.32. The van der Waals surface area contributed by atoms with Crippen molar-refractivity contribution in [2.45, 2.75) is 26.3 Å². The van der Waals surface area contributed by atoms with Gasteiger partial charge in [-0.25, -0.2) is 0 Å². The second-order valence-corrected chi connectivity index (χ2v) is 3.55. The number of hydrogen-bond acceptors (Lipinski definition) is 2. The lowest BCUT2D eigenvalue weighted by Crippen LogP contribution is -2.17. The topological polar surface area (TPSA) is 21.3 Å². The van der Waals surface area contributed by atoms with Crippen molar-refractivity contribution in [3.05, 3.63) is 29.8 Å². The van der Waals surface area contributed by atoms with Crippen LogP contribution in [0.15, 0.2) is 24.3 Å². The number of hydrogen-bond donors (Lipinski definition) is 1. The molecule has 0 aliphatic carbocycles. The molecule has 0 spiro atoms. The monoisotopic (exact) mass is 257 g/mol. The number of rotatable bonds is 5. The van der Waals surface area contributed by atoms with E-state index in [9.17, 15) is 13.2 Å². The molecule has 18 heavy (non-hydrogen) atoms. The molecule has 0 unspecified atom stereocenters. The quantitative estimate of drug-likeness (QED) is 0.646. The van der Waals surface area contributed by atoms with Gasteiger partial charge >= 0.3 is 6.36 Å². The Morgan fingerprint density at radius 2 is 1.89 bits per heavy atom. The molecule has 0 atom stereocenters. The van der Waals surface area contributed by atoms with Crippen LogP contribution >= 0.6 is 0 Å². The summed E-state index contributed by atoms with van der Waals surface area (Å²) in [5.41, 5.74) is 0.897. The summed E-state index contributed by atoms with van der Waals surface area (Å²) in [4.78, 5) is 0. The van der Waals surface area contributed by atoms with E-state index in [0.717, 1.165) is 18.5 Å². The molecule has 0 aliphatic rings. The smallest absolute Gasteiger partial charge is 0.406 e. The Labute approximate surface area is 104 Å². The van der Waals surface area contributed by atoms with E-state index in [1.807, 2.05) is 0 Å². The van der Waals surface area contributed by atoms with Gasteiger partial charge < -0.3 is 10.1 Å². The van der Waals surface area contributed by atoms with Gasteiger partial charge in [0.05, 0.1) is 0 Å². The Morgan fingerprint density at radius 3 is 2.44 bits per heavy atom. The van der Waals surface area contributed by atoms with Crippen LogP contribution in [0.4, 0.5) is 13.2 Å². The molecule has 0 saturated heterocycles. The van der Waals surface area contributed by atoms with Crippen LogP contribution in [0.3, 0.4) is 0 Å². The molecular weight excluding hydrogens is 243 g/mol. The number of benzene rings is 1. The first-order valence-corrected chi connectivity index (χ1v) is 5.46. The normalized spacial score (nSPS) is 10.7. The minimum Gasteiger partial charge on any atom is -0.406 e. The SMILES string of the molecule is CC#CCCNCc1ccc(OC(F)(F)F)cc1. The van der Waals surface area contributed by atoms with Crippen LogP contribution in [-0.4, -0.2) is 12.9 Å². The average Bonchev–Trinajstić information content (AvgIpc) is 2.29. The molecule has 1 aromatic rings. The van der Waals surface area contributed by atoms with Crippen molar-refractivity contribution in [3.8, 4) is 17.6 Å². The number of alkyl halides is 3. The first-order chi connectivity index (χ1) is 8.51. The van der Waals surface area contributed by atoms with Gasteiger partial charge in [-0.2, -0.15) is 0 Å². The molecule has 0 aromatic heterocycles. The van der Waals surface area contributed by atoms with E-state index in [1.165, 1.54) is 12.1 Å². The fourth-order valence-corrected chi connectivity index (χ4v) is 1.32. The van der Waals surface area contributed by atoms with Gasteiger partial charge in [0.15, 0.2) is 0 Å². The van der Waals surface area contributed by atoms with E-state index >= 15 is 0 Å². The van der Waals surface area contributed by atoms with Crippen molar-refractivity contribution in [2.24, 2.45) is 0 Å². The van der Waals surface area contributed by atoms with Crippen molar-refractivity contribution in [1.82, 2.24) is 5.32 Å². The summed E-state index contributed by atoms with van der Waals surface area (Å²) in [7, 11) is 0. The van der Waals surface area contributed by atoms with Crippen molar-refractivity contribution >= 4 is 0 Å². The summed E-state index contributed by atoms with van der Waals surface area (Å²) >= 11 is 0. The lowest BCUT2D eigenvalue weighted by atomic mass is 10.2. The highest BCUT2D eigenvalue weighted by Gasteiger charge is 2.30. The summed E-state index contributed by atoms with van der Waals surface area (Å²) in [5, 5.41) is 3.14. The zero-order chi connectivity index (χ0) is 13.4. The highest BCUT2D eigenvalue weighted by molar-refractivity contribution is 5.27. The molecule has 1 N–H and O–H groups in total. The molecule has 0 aliphatic heterocycles. The molecule has 98 valence electrons. The van der Waals surface area contributed by atoms with Gasteiger partial charge in [-0.15, -0.1) is 25.0 Å². The van der Waals surface area contributed by atoms with E-state index in [1.54, 1.807) is 19.1 Å². The molecule has 5 heteroatoms. The van der Waals surface area contributed by atoms with Crippen molar-refractivity contribution < 1.29 is 17.9 Å². The van der Waals surface area contributed by atoms with Gasteiger partial charge in [0.25, 0.3) is 0 Å². The molecular formula is C13H14F3NO. The molecule has 0 fully saturated rings. The highest BCUT2D eigenvalue weighted by Crippen LogP contribution is 2.22. The van der Waals surface area contributed by atoms with E-state index in [-0.39, 0.29) is 5.75 Å². The molecule has 0 bridgehead atoms. The summed E-state index contributed by atoms with van der Waals surface area (Å²) in [6.07, 6.45) is -3.88. The van der Waals surface area contributed by atoms with Crippen LogP contribution in [0.25, 0.3) is 0 Å². The standard InChI is InChI=1S/C13H14F3NO/c1-2-3-4-9-17-10-11-5-7-12(8-6-11)18-13(14,15)16/h5-8,17H,4,9-10H2,1H3. The molecule has 0 saturated carbocycles. The first kappa shape index (κ1) is 14.4. The minimum absolute atomic E-state index is 0.205. The molecule has 1 rings (SSSR count). The van der Waals surface area contributed by atoms with Crippen molar-refractivity contribution in [1.29, 1.82) is 0 Å². The maximum atomic E-state index is 11.9. The second-order valence-electron chi connectivity index (χ2n) is 3.55. The molecule has 0 amide bonds. The zero-order valence-corrected chi connectivity index (χ0v) is 9.97. The Hall–Kier alpha value is -1.67. The predicted molar refractivity (Wildman–Crippen MR) is 62.9 cm³/mol. The van der Waals surface area contributed by atoms with E-state index in [0.29, 0.717) is 6.54 Å². The van der Waals surface area contributed by atoms with Gasteiger partial charge in [0.2, 0.25) is 0 Å². The summed E-state index contributed by atoms with van der Waals surface area (Å²) in [6.45, 7) is 3.12. The van der Waals surface area contributed by atoms with E-state index < -0.39 is 6.36 Å². The first-order valence-electron chi connectivity index (χ1n) is 5.46. The van der Waals surface area contributed by atoms with Gasteiger partial charge in [-0.1, -0.05) is 12.1 Å². The Bertz CT molecular complexity index is 415. The van der Waals surface area contributed by atoms with Crippen LogP contribution < -0.4 is 10.1 Å². The Morgan fingerprint density at radius 1 is 1.22 bits per heavy atom. The predicted octanol–water partition coefficient (Wildman–Crippen LogP) is 3.09. The third-order valence-corrected chi connectivity index (χ3v) is 2.09. The van der Waals surface area contributed by atoms with Gasteiger partial charge in [-0.05, 0) is 24.6 Å². The van der Waals surface area contributed by atoms with Crippen LogP contribution in [0.5, 0.6) is 5.75 Å². The van der Waals surface area contributed by atoms with E-state index in [4.69, 9.17) is 0 Å². The van der Waals surface area contributed by atoms with E-state index in [2.05, 4.69) is 21.9 Å². The third-order valence-electron chi connectivity index (χ3n) is 2.09. The van der Waals surface area contributed by atoms with Gasteiger partial charge in [0, 0.05) is 19.5 Å². The maximum Gasteiger partial charge on any atom is 0.573 e. The van der Waals surface area contributed by atoms with Crippen molar-refractivity contribution in [2.75, 3.05) is 6.54 Å². The van der Waals surface area contributed by atoms with Crippen molar-refractivity contribution in [3.63, 3.8) is 0 Å². The lowest BCUT2D eigenvalue weighted by molar-refractivity contribution is -0.274. The van der Waals surface area contributed by atoms with Crippen LogP contribution in [0.1, 0.15) is 18.9 Å². The molecule has 1 aromatic carbocycles. The summed E-state index contributed by atoms with van der Waals surface area (Å²) < 4.78 is 39.5. The highest BCUT2D eigenvalue weighted by atomic mass is 19.4. The number of halogens is 3. The second kappa shape index (κ2) is 6.92. The third kappa shape index (κ3) is 6.16. The Balaban J connectivity index is 2.37. The minimum atomic E-state index is -4.64. The molecule has 0 heterocycles. The lowest BCUT2D eigenvalue weighted by Gasteiger charge is -2.09. The van der Waals surface area contributed by atoms with Gasteiger partial charge in [-0.3, -0.25) is 0 Å². The zero-order valence-electron chi connectivity index (χ0n) is 9.97. The largest absolute Gasteiger partial charge is 0.573 e. The van der Waals surface area contributed by atoms with Crippen LogP contribution in [-0.2, 0) is 6.54 Å². The number of nitrogens with one attached hydrogen (secondary N) is 1. The summed E-state index contributed by atoms with van der Waals surface area (Å²) in [6, 6.07) is 5.80. The van der Waals surface area contributed by atoms with Crippen LogP contribution in [0, 0.1) is 11.8 Å². The number of ether oxygens (including phenoxy) is 1.